The summed E-state index contributed by atoms with van der Waals surface area (Å²) in [6.45, 7) is 1.75. The minimum atomic E-state index is -0.528. The lowest BCUT2D eigenvalue weighted by Gasteiger charge is -2.16. The predicted octanol–water partition coefficient (Wildman–Crippen LogP) is 3.02. The van der Waals surface area contributed by atoms with Crippen molar-refractivity contribution in [2.24, 2.45) is 5.84 Å². The Morgan fingerprint density at radius 1 is 0.943 bits per heavy atom. The number of hydrazine groups is 1. The Morgan fingerprint density at radius 2 is 1.69 bits per heavy atom. The first-order valence-electron chi connectivity index (χ1n) is 10.7. The molecular weight excluding hydrogens is 442 g/mol. The van der Waals surface area contributed by atoms with Gasteiger partial charge in [0.15, 0.2) is 11.5 Å². The predicted molar refractivity (Wildman–Crippen MR) is 134 cm³/mol. The minimum absolute atomic E-state index is 0.0244. The highest BCUT2D eigenvalue weighted by Crippen LogP contribution is 2.33. The summed E-state index contributed by atoms with van der Waals surface area (Å²) >= 11 is 0. The molecule has 35 heavy (non-hydrogen) atoms. The standard InChI is InChI=1S/C25H23N9O/c1-14(19-9-5-8-17(13-26)31-19)30-25(35)23-24(28)33-21(15-6-3-2-4-7-15)22(32-23)16-10-11-18(27)20(12-16)34-29/h2-12,14,34H,27,29H2,1H3,(H2,28,33)(H,30,35). The van der Waals surface area contributed by atoms with E-state index >= 15 is 0 Å². The SMILES string of the molecule is CC(NC(=O)c1nc(-c2ccc(N)c(NN)c2)c(-c2ccccc2)nc1N)c1cccc(C#N)n1. The zero-order valence-corrected chi connectivity index (χ0v) is 18.9. The molecule has 1 atom stereocenters. The molecule has 0 radical (unpaired) electrons. The molecule has 174 valence electrons. The molecule has 0 aliphatic rings. The number of hydrogen-bond donors (Lipinski definition) is 5. The maximum atomic E-state index is 13.2. The molecule has 0 bridgehead atoms. The van der Waals surface area contributed by atoms with Crippen LogP contribution in [0.25, 0.3) is 22.5 Å². The maximum Gasteiger partial charge on any atom is 0.274 e. The Morgan fingerprint density at radius 3 is 2.40 bits per heavy atom. The van der Waals surface area contributed by atoms with E-state index in [0.29, 0.717) is 34.0 Å². The number of amides is 1. The average Bonchev–Trinajstić information content (AvgIpc) is 2.89. The lowest BCUT2D eigenvalue weighted by Crippen LogP contribution is -2.29. The van der Waals surface area contributed by atoms with Crippen molar-refractivity contribution >= 4 is 23.1 Å². The van der Waals surface area contributed by atoms with Crippen LogP contribution in [0.15, 0.2) is 66.7 Å². The van der Waals surface area contributed by atoms with E-state index in [1.807, 2.05) is 36.4 Å². The molecule has 4 rings (SSSR count). The Kier molecular flexibility index (Phi) is 6.53. The molecule has 1 unspecified atom stereocenters. The highest BCUT2D eigenvalue weighted by Gasteiger charge is 2.22. The first-order chi connectivity index (χ1) is 16.9. The molecule has 8 N–H and O–H groups in total. The fourth-order valence-corrected chi connectivity index (χ4v) is 3.54. The van der Waals surface area contributed by atoms with E-state index in [1.165, 1.54) is 0 Å². The molecule has 1 amide bonds. The van der Waals surface area contributed by atoms with Gasteiger partial charge in [0.1, 0.15) is 11.8 Å². The third-order valence-corrected chi connectivity index (χ3v) is 5.34. The lowest BCUT2D eigenvalue weighted by molar-refractivity contribution is 0.0935. The van der Waals surface area contributed by atoms with Crippen LogP contribution in [0.3, 0.4) is 0 Å². The summed E-state index contributed by atoms with van der Waals surface area (Å²) in [5.41, 5.74) is 18.8. The highest BCUT2D eigenvalue weighted by atomic mass is 16.2. The summed E-state index contributed by atoms with van der Waals surface area (Å²) in [5.74, 6) is 5.05. The van der Waals surface area contributed by atoms with Crippen LogP contribution in [-0.2, 0) is 0 Å². The van der Waals surface area contributed by atoms with Crippen molar-refractivity contribution in [3.8, 4) is 28.6 Å². The van der Waals surface area contributed by atoms with Gasteiger partial charge in [-0.25, -0.2) is 15.0 Å². The minimum Gasteiger partial charge on any atom is -0.397 e. The van der Waals surface area contributed by atoms with Crippen LogP contribution in [-0.4, -0.2) is 20.9 Å². The van der Waals surface area contributed by atoms with Gasteiger partial charge in [0, 0.05) is 11.1 Å². The summed E-state index contributed by atoms with van der Waals surface area (Å²) in [6.07, 6.45) is 0. The first kappa shape index (κ1) is 23.2. The molecule has 10 nitrogen and oxygen atoms in total. The van der Waals surface area contributed by atoms with Crippen LogP contribution in [0.5, 0.6) is 0 Å². The van der Waals surface area contributed by atoms with Crippen LogP contribution in [0.4, 0.5) is 17.2 Å². The number of nitrogens with zero attached hydrogens (tertiary/aromatic N) is 4. The molecule has 0 saturated carbocycles. The normalized spacial score (nSPS) is 11.3. The molecule has 2 aromatic carbocycles. The van der Waals surface area contributed by atoms with Crippen molar-refractivity contribution in [3.05, 3.63) is 83.8 Å². The third kappa shape index (κ3) is 4.85. The summed E-state index contributed by atoms with van der Waals surface area (Å²) in [4.78, 5) is 26.6. The highest BCUT2D eigenvalue weighted by molar-refractivity contribution is 5.98. The number of benzene rings is 2. The number of nitriles is 1. The lowest BCUT2D eigenvalue weighted by atomic mass is 10.0. The van der Waals surface area contributed by atoms with Crippen molar-refractivity contribution in [3.63, 3.8) is 0 Å². The van der Waals surface area contributed by atoms with E-state index in [0.717, 1.165) is 5.56 Å². The van der Waals surface area contributed by atoms with Crippen molar-refractivity contribution in [2.75, 3.05) is 16.9 Å². The van der Waals surface area contributed by atoms with Crippen molar-refractivity contribution < 1.29 is 4.79 Å². The Balaban J connectivity index is 1.78. The number of rotatable bonds is 6. The molecule has 0 aliphatic heterocycles. The Hall–Kier alpha value is -5.01. The summed E-state index contributed by atoms with van der Waals surface area (Å²) in [7, 11) is 0. The quantitative estimate of drug-likeness (QED) is 0.162. The molecule has 0 spiro atoms. The van der Waals surface area contributed by atoms with Gasteiger partial charge >= 0.3 is 0 Å². The summed E-state index contributed by atoms with van der Waals surface area (Å²) in [6, 6.07) is 21.1. The average molecular weight is 466 g/mol. The van der Waals surface area contributed by atoms with Gasteiger partial charge in [-0.05, 0) is 31.2 Å². The zero-order valence-electron chi connectivity index (χ0n) is 18.9. The number of carbonyl (C=O) groups excluding carboxylic acids is 1. The van der Waals surface area contributed by atoms with Crippen LogP contribution in [0.2, 0.25) is 0 Å². The van der Waals surface area contributed by atoms with Gasteiger partial charge in [-0.3, -0.25) is 10.6 Å². The van der Waals surface area contributed by atoms with Gasteiger partial charge in [-0.15, -0.1) is 0 Å². The molecule has 0 aliphatic carbocycles. The number of carbonyl (C=O) groups is 1. The number of nitrogen functional groups attached to an aromatic ring is 3. The monoisotopic (exact) mass is 465 g/mol. The van der Waals surface area contributed by atoms with Crippen LogP contribution >= 0.6 is 0 Å². The Labute approximate surface area is 201 Å². The smallest absolute Gasteiger partial charge is 0.274 e. The van der Waals surface area contributed by atoms with E-state index in [2.05, 4.69) is 25.7 Å². The van der Waals surface area contributed by atoms with Gasteiger partial charge in [-0.1, -0.05) is 42.5 Å². The number of hydrogen-bond acceptors (Lipinski definition) is 9. The summed E-state index contributed by atoms with van der Waals surface area (Å²) < 4.78 is 0. The first-order valence-corrected chi connectivity index (χ1v) is 10.7. The largest absolute Gasteiger partial charge is 0.397 e. The van der Waals surface area contributed by atoms with Gasteiger partial charge in [0.25, 0.3) is 5.91 Å². The maximum absolute atomic E-state index is 13.2. The third-order valence-electron chi connectivity index (χ3n) is 5.34. The van der Waals surface area contributed by atoms with Crippen molar-refractivity contribution in [2.45, 2.75) is 13.0 Å². The van der Waals surface area contributed by atoms with Crippen LogP contribution < -0.4 is 28.1 Å². The van der Waals surface area contributed by atoms with Gasteiger partial charge in [-0.2, -0.15) is 5.26 Å². The molecule has 2 aromatic heterocycles. The van der Waals surface area contributed by atoms with E-state index in [4.69, 9.17) is 22.6 Å². The number of nitrogens with two attached hydrogens (primary N) is 3. The fraction of sp³-hybridized carbons (Fsp3) is 0.0800. The van der Waals surface area contributed by atoms with Gasteiger partial charge in [0.2, 0.25) is 0 Å². The van der Waals surface area contributed by atoms with Crippen LogP contribution in [0, 0.1) is 11.3 Å². The van der Waals surface area contributed by atoms with E-state index in [9.17, 15) is 4.79 Å². The van der Waals surface area contributed by atoms with E-state index in [-0.39, 0.29) is 17.2 Å². The fourth-order valence-electron chi connectivity index (χ4n) is 3.54. The second-order valence-corrected chi connectivity index (χ2v) is 7.72. The van der Waals surface area contributed by atoms with E-state index in [1.54, 1.807) is 43.3 Å². The Bertz CT molecular complexity index is 1430. The zero-order chi connectivity index (χ0) is 24.9. The molecule has 2 heterocycles. The molecule has 0 saturated heterocycles. The molecular formula is C25H23N9O. The van der Waals surface area contributed by atoms with E-state index < -0.39 is 11.9 Å². The second kappa shape index (κ2) is 9.86. The summed E-state index contributed by atoms with van der Waals surface area (Å²) in [5, 5.41) is 11.9. The van der Waals surface area contributed by atoms with Gasteiger partial charge < -0.3 is 22.2 Å². The number of pyridine rings is 1. The van der Waals surface area contributed by atoms with Crippen molar-refractivity contribution in [1.82, 2.24) is 20.3 Å². The molecule has 0 fully saturated rings. The van der Waals surface area contributed by atoms with Crippen LogP contribution in [0.1, 0.15) is 34.8 Å². The van der Waals surface area contributed by atoms with Gasteiger partial charge in [0.05, 0.1) is 34.5 Å². The number of nitrogens with one attached hydrogen (secondary N) is 2. The number of anilines is 3. The molecule has 4 aromatic rings. The molecule has 10 heteroatoms. The second-order valence-electron chi connectivity index (χ2n) is 7.72. The number of aromatic nitrogens is 3. The topological polar surface area (TPSA) is 182 Å². The van der Waals surface area contributed by atoms with Crippen molar-refractivity contribution in [1.29, 1.82) is 5.26 Å².